The summed E-state index contributed by atoms with van der Waals surface area (Å²) in [5, 5.41) is 11.6. The molecule has 33 heavy (non-hydrogen) atoms. The van der Waals surface area contributed by atoms with E-state index >= 15 is 0 Å². The predicted octanol–water partition coefficient (Wildman–Crippen LogP) is 4.08. The number of methoxy groups -OCH3 is 1. The molecule has 0 atom stereocenters. The maximum absolute atomic E-state index is 6.00. The van der Waals surface area contributed by atoms with E-state index in [-0.39, 0.29) is 0 Å². The molecule has 7 heteroatoms. The molecular formula is C26H35N5O2. The molecule has 3 aromatic rings. The second-order valence-corrected chi connectivity index (χ2v) is 7.98. The molecule has 0 aliphatic carbocycles. The molecule has 0 amide bonds. The summed E-state index contributed by atoms with van der Waals surface area (Å²) in [6.07, 6.45) is 0.857. The summed E-state index contributed by atoms with van der Waals surface area (Å²) in [5.41, 5.74) is 6.61. The van der Waals surface area contributed by atoms with Gasteiger partial charge in [0, 0.05) is 57.1 Å². The Balaban J connectivity index is 1.62. The zero-order chi connectivity index (χ0) is 23.6. The molecule has 3 rings (SSSR count). The number of benzene rings is 2. The van der Waals surface area contributed by atoms with Crippen molar-refractivity contribution >= 4 is 5.96 Å². The van der Waals surface area contributed by atoms with Crippen molar-refractivity contribution in [3.63, 3.8) is 0 Å². The molecule has 0 aliphatic rings. The van der Waals surface area contributed by atoms with Crippen molar-refractivity contribution in [1.82, 2.24) is 20.4 Å². The highest BCUT2D eigenvalue weighted by Crippen LogP contribution is 2.21. The van der Waals surface area contributed by atoms with Gasteiger partial charge in [0.2, 0.25) is 0 Å². The summed E-state index contributed by atoms with van der Waals surface area (Å²) < 4.78 is 13.1. The molecule has 0 unspecified atom stereocenters. The molecule has 176 valence electrons. The van der Waals surface area contributed by atoms with E-state index in [2.05, 4.69) is 59.8 Å². The molecule has 0 fully saturated rings. The van der Waals surface area contributed by atoms with Crippen LogP contribution in [0.3, 0.4) is 0 Å². The third kappa shape index (κ3) is 6.58. The van der Waals surface area contributed by atoms with Crippen LogP contribution in [-0.4, -0.2) is 43.1 Å². The monoisotopic (exact) mass is 449 g/mol. The normalized spacial score (nSPS) is 11.5. The van der Waals surface area contributed by atoms with E-state index < -0.39 is 0 Å². The van der Waals surface area contributed by atoms with E-state index in [4.69, 9.17) is 14.6 Å². The first-order valence-corrected chi connectivity index (χ1v) is 11.3. The van der Waals surface area contributed by atoms with Gasteiger partial charge < -0.3 is 20.1 Å². The zero-order valence-electron chi connectivity index (χ0n) is 20.3. The van der Waals surface area contributed by atoms with Gasteiger partial charge in [-0.2, -0.15) is 5.10 Å². The molecule has 2 N–H and O–H groups in total. The Hall–Kier alpha value is -3.32. The van der Waals surface area contributed by atoms with Crippen molar-refractivity contribution in [3.05, 3.63) is 76.6 Å². The first kappa shape index (κ1) is 24.3. The van der Waals surface area contributed by atoms with Crippen LogP contribution < -0.4 is 15.4 Å². The van der Waals surface area contributed by atoms with Gasteiger partial charge in [-0.1, -0.05) is 30.3 Å². The minimum absolute atomic E-state index is 0.612. The molecule has 0 saturated carbocycles. The fourth-order valence-electron chi connectivity index (χ4n) is 3.65. The van der Waals surface area contributed by atoms with E-state index in [0.29, 0.717) is 26.3 Å². The maximum atomic E-state index is 6.00. The van der Waals surface area contributed by atoms with Gasteiger partial charge in [-0.05, 0) is 44.5 Å². The second-order valence-electron chi connectivity index (χ2n) is 7.98. The minimum Gasteiger partial charge on any atom is -0.493 e. The topological polar surface area (TPSA) is 72.7 Å². The number of hydrogen-bond donors (Lipinski definition) is 2. The number of rotatable bonds is 10. The smallest absolute Gasteiger partial charge is 0.191 e. The lowest BCUT2D eigenvalue weighted by Gasteiger charge is -2.16. The van der Waals surface area contributed by atoms with Crippen LogP contribution in [0.1, 0.15) is 34.5 Å². The molecule has 0 saturated heterocycles. The molecule has 0 aliphatic heterocycles. The van der Waals surface area contributed by atoms with Crippen LogP contribution in [0.4, 0.5) is 0 Å². The van der Waals surface area contributed by atoms with Gasteiger partial charge in [0.25, 0.3) is 0 Å². The van der Waals surface area contributed by atoms with Crippen molar-refractivity contribution in [2.75, 3.05) is 27.4 Å². The van der Waals surface area contributed by atoms with Crippen LogP contribution >= 0.6 is 0 Å². The number of guanidine groups is 1. The molecule has 0 bridgehead atoms. The molecular weight excluding hydrogens is 414 g/mol. The Morgan fingerprint density at radius 2 is 1.76 bits per heavy atom. The average molecular weight is 450 g/mol. The van der Waals surface area contributed by atoms with Gasteiger partial charge in [0.1, 0.15) is 5.75 Å². The lowest BCUT2D eigenvalue weighted by atomic mass is 10.1. The number of aliphatic imine (C=N–C) groups is 1. The maximum Gasteiger partial charge on any atom is 0.191 e. The van der Waals surface area contributed by atoms with Crippen LogP contribution in [0, 0.1) is 20.8 Å². The number of nitrogens with one attached hydrogen (secondary N) is 2. The van der Waals surface area contributed by atoms with Crippen molar-refractivity contribution in [3.8, 4) is 11.4 Å². The number of para-hydroxylation sites is 1. The van der Waals surface area contributed by atoms with Crippen LogP contribution in [0.5, 0.6) is 5.75 Å². The van der Waals surface area contributed by atoms with E-state index in [1.54, 1.807) is 14.2 Å². The third-order valence-corrected chi connectivity index (χ3v) is 5.52. The first-order chi connectivity index (χ1) is 16.0. The summed E-state index contributed by atoms with van der Waals surface area (Å²) in [6, 6.07) is 16.5. The van der Waals surface area contributed by atoms with Gasteiger partial charge in [0.15, 0.2) is 5.96 Å². The Morgan fingerprint density at radius 1 is 1.00 bits per heavy atom. The van der Waals surface area contributed by atoms with E-state index in [1.165, 1.54) is 11.1 Å². The van der Waals surface area contributed by atoms with E-state index in [9.17, 15) is 0 Å². The molecule has 1 aromatic heterocycles. The third-order valence-electron chi connectivity index (χ3n) is 5.52. The number of aromatic nitrogens is 2. The summed E-state index contributed by atoms with van der Waals surface area (Å²) in [7, 11) is 3.48. The largest absolute Gasteiger partial charge is 0.493 e. The number of ether oxygens (including phenoxy) is 2. The molecule has 7 nitrogen and oxygen atoms in total. The number of hydrogen-bond acceptors (Lipinski definition) is 4. The van der Waals surface area contributed by atoms with Crippen LogP contribution in [0.15, 0.2) is 53.5 Å². The lowest BCUT2D eigenvalue weighted by molar-refractivity contribution is 0.171. The Kier molecular flexibility index (Phi) is 8.89. The molecule has 0 spiro atoms. The van der Waals surface area contributed by atoms with Crippen molar-refractivity contribution in [2.45, 2.75) is 40.3 Å². The van der Waals surface area contributed by atoms with Crippen LogP contribution in [0.25, 0.3) is 5.69 Å². The van der Waals surface area contributed by atoms with E-state index in [1.807, 2.05) is 29.8 Å². The lowest BCUT2D eigenvalue weighted by Crippen LogP contribution is -2.36. The number of aryl methyl sites for hydroxylation is 2. The molecule has 1 heterocycles. The summed E-state index contributed by atoms with van der Waals surface area (Å²) in [5.74, 6) is 1.62. The van der Waals surface area contributed by atoms with E-state index in [0.717, 1.165) is 40.8 Å². The highest BCUT2D eigenvalue weighted by molar-refractivity contribution is 5.79. The van der Waals surface area contributed by atoms with Gasteiger partial charge in [-0.15, -0.1) is 0 Å². The fourth-order valence-corrected chi connectivity index (χ4v) is 3.65. The van der Waals surface area contributed by atoms with Gasteiger partial charge >= 0.3 is 0 Å². The van der Waals surface area contributed by atoms with Gasteiger partial charge in [-0.25, -0.2) is 4.68 Å². The van der Waals surface area contributed by atoms with Crippen LogP contribution in [-0.2, 0) is 17.8 Å². The van der Waals surface area contributed by atoms with Gasteiger partial charge in [-0.3, -0.25) is 4.99 Å². The minimum atomic E-state index is 0.612. The molecule has 2 aromatic carbocycles. The Morgan fingerprint density at radius 3 is 2.48 bits per heavy atom. The number of nitrogens with zero attached hydrogens (tertiary/aromatic N) is 3. The predicted molar refractivity (Wildman–Crippen MR) is 133 cm³/mol. The van der Waals surface area contributed by atoms with Crippen molar-refractivity contribution in [2.24, 2.45) is 4.99 Å². The Bertz CT molecular complexity index is 1060. The zero-order valence-corrected chi connectivity index (χ0v) is 20.3. The highest BCUT2D eigenvalue weighted by atomic mass is 16.5. The highest BCUT2D eigenvalue weighted by Gasteiger charge is 2.13. The second kappa shape index (κ2) is 12.1. The van der Waals surface area contributed by atoms with Crippen molar-refractivity contribution < 1.29 is 9.47 Å². The first-order valence-electron chi connectivity index (χ1n) is 11.3. The SMILES string of the molecule is CN=C(NCc1ccc(C)cc1OCCCOC)NCc1c(C)nn(-c2ccccc2)c1C. The standard InChI is InChI=1S/C26H35N5O2/c1-19-12-13-22(25(16-19)33-15-9-14-32-5)17-28-26(27-4)29-18-24-20(2)30-31(21(24)3)23-10-7-6-8-11-23/h6-8,10-13,16H,9,14-15,17-18H2,1-5H3,(H2,27,28,29). The van der Waals surface area contributed by atoms with Crippen molar-refractivity contribution in [1.29, 1.82) is 0 Å². The quantitative estimate of drug-likeness (QED) is 0.277. The molecule has 0 radical (unpaired) electrons. The van der Waals surface area contributed by atoms with Gasteiger partial charge in [0.05, 0.1) is 18.0 Å². The van der Waals surface area contributed by atoms with Crippen LogP contribution in [0.2, 0.25) is 0 Å². The fraction of sp³-hybridized carbons (Fsp3) is 0.385. The summed E-state index contributed by atoms with van der Waals surface area (Å²) in [6.45, 7) is 8.77. The summed E-state index contributed by atoms with van der Waals surface area (Å²) in [4.78, 5) is 4.39. The average Bonchev–Trinajstić information content (AvgIpc) is 3.11. The Labute approximate surface area is 196 Å². The summed E-state index contributed by atoms with van der Waals surface area (Å²) >= 11 is 0.